The highest BCUT2D eigenvalue weighted by atomic mass is 32.1. The van der Waals surface area contributed by atoms with E-state index in [0.29, 0.717) is 0 Å². The minimum atomic E-state index is 0.780. The summed E-state index contributed by atoms with van der Waals surface area (Å²) in [6, 6.07) is 0. The van der Waals surface area contributed by atoms with Gasteiger partial charge in [0.1, 0.15) is 10.5 Å². The second kappa shape index (κ2) is 1.52. The first kappa shape index (κ1) is 4.44. The maximum absolute atomic E-state index is 3.95. The minimum Gasteiger partial charge on any atom is -0.147 e. The van der Waals surface area contributed by atoms with Gasteiger partial charge < -0.3 is 0 Å². The summed E-state index contributed by atoms with van der Waals surface area (Å²) in [5.41, 5.74) is 1.80. The Morgan fingerprint density at radius 3 is 3.00 bits per heavy atom. The molecule has 0 unspecified atom stereocenters. The van der Waals surface area contributed by atoms with Crippen molar-refractivity contribution in [3.63, 3.8) is 0 Å². The molecule has 1 aromatic rings. The molecule has 2 nitrogen and oxygen atoms in total. The third-order valence-electron chi connectivity index (χ3n) is 1.30. The number of aromatic nitrogens is 2. The maximum Gasteiger partial charge on any atom is 0.120 e. The molecule has 0 amide bonds. The van der Waals surface area contributed by atoms with Crippen LogP contribution in [0.1, 0.15) is 23.8 Å². The number of hydrogen-bond acceptors (Lipinski definition) is 3. The molecule has 42 valence electrons. The SMILES string of the molecule is c1nnc(C2CC2)s1. The fraction of sp³-hybridized carbons (Fsp3) is 0.600. The van der Waals surface area contributed by atoms with Gasteiger partial charge in [0.15, 0.2) is 0 Å². The van der Waals surface area contributed by atoms with E-state index < -0.39 is 0 Å². The first-order chi connectivity index (χ1) is 3.97. The van der Waals surface area contributed by atoms with E-state index in [1.807, 2.05) is 0 Å². The number of rotatable bonds is 1. The van der Waals surface area contributed by atoms with Crippen molar-refractivity contribution < 1.29 is 0 Å². The Morgan fingerprint density at radius 2 is 2.50 bits per heavy atom. The topological polar surface area (TPSA) is 25.8 Å². The maximum atomic E-state index is 3.95. The molecule has 1 aliphatic carbocycles. The predicted molar refractivity (Wildman–Crippen MR) is 31.9 cm³/mol. The van der Waals surface area contributed by atoms with Gasteiger partial charge in [-0.25, -0.2) is 0 Å². The minimum absolute atomic E-state index is 0.780. The van der Waals surface area contributed by atoms with Gasteiger partial charge in [-0.05, 0) is 12.8 Å². The molecule has 3 heteroatoms. The molecule has 1 aliphatic rings. The van der Waals surface area contributed by atoms with E-state index in [1.54, 1.807) is 16.8 Å². The Hall–Kier alpha value is -0.440. The average molecular weight is 126 g/mol. The van der Waals surface area contributed by atoms with Gasteiger partial charge in [-0.2, -0.15) is 0 Å². The quantitative estimate of drug-likeness (QED) is 0.568. The summed E-state index contributed by atoms with van der Waals surface area (Å²) in [6.45, 7) is 0. The lowest BCUT2D eigenvalue weighted by atomic mass is 10.5. The summed E-state index contributed by atoms with van der Waals surface area (Å²) < 4.78 is 0. The van der Waals surface area contributed by atoms with Crippen LogP contribution in [0.15, 0.2) is 5.51 Å². The van der Waals surface area contributed by atoms with Crippen molar-refractivity contribution >= 4 is 11.3 Å². The van der Waals surface area contributed by atoms with E-state index >= 15 is 0 Å². The summed E-state index contributed by atoms with van der Waals surface area (Å²) in [5, 5.41) is 8.93. The van der Waals surface area contributed by atoms with Crippen LogP contribution in [0.4, 0.5) is 0 Å². The van der Waals surface area contributed by atoms with Crippen molar-refractivity contribution in [2.75, 3.05) is 0 Å². The van der Waals surface area contributed by atoms with Gasteiger partial charge >= 0.3 is 0 Å². The van der Waals surface area contributed by atoms with Crippen molar-refractivity contribution in [2.24, 2.45) is 0 Å². The van der Waals surface area contributed by atoms with Crippen LogP contribution in [0, 0.1) is 0 Å². The second-order valence-electron chi connectivity index (χ2n) is 2.05. The van der Waals surface area contributed by atoms with E-state index in [-0.39, 0.29) is 0 Å². The largest absolute Gasteiger partial charge is 0.147 e. The first-order valence-electron chi connectivity index (χ1n) is 2.73. The molecule has 0 atom stereocenters. The molecule has 2 rings (SSSR count). The Balaban J connectivity index is 2.28. The second-order valence-corrected chi connectivity index (χ2v) is 2.92. The normalized spacial score (nSPS) is 19.0. The van der Waals surface area contributed by atoms with Gasteiger partial charge in [-0.15, -0.1) is 21.5 Å². The van der Waals surface area contributed by atoms with Crippen molar-refractivity contribution in [3.05, 3.63) is 10.5 Å². The zero-order valence-electron chi connectivity index (χ0n) is 4.37. The highest BCUT2D eigenvalue weighted by Gasteiger charge is 2.26. The molecular weight excluding hydrogens is 120 g/mol. The smallest absolute Gasteiger partial charge is 0.120 e. The third-order valence-corrected chi connectivity index (χ3v) is 2.16. The van der Waals surface area contributed by atoms with Gasteiger partial charge in [0.2, 0.25) is 0 Å². The van der Waals surface area contributed by atoms with Gasteiger partial charge in [-0.3, -0.25) is 0 Å². The molecule has 0 radical (unpaired) electrons. The molecule has 1 saturated carbocycles. The van der Waals surface area contributed by atoms with E-state index in [9.17, 15) is 0 Å². The van der Waals surface area contributed by atoms with Crippen molar-refractivity contribution in [2.45, 2.75) is 18.8 Å². The van der Waals surface area contributed by atoms with Crippen molar-refractivity contribution in [1.82, 2.24) is 10.2 Å². The standard InChI is InChI=1S/C5H6N2S/c1-2-4(1)5-7-6-3-8-5/h3-4H,1-2H2. The van der Waals surface area contributed by atoms with E-state index in [1.165, 1.54) is 17.8 Å². The summed E-state index contributed by atoms with van der Waals surface area (Å²) in [5.74, 6) is 0.780. The van der Waals surface area contributed by atoms with Gasteiger partial charge in [0.05, 0.1) is 0 Å². The van der Waals surface area contributed by atoms with Gasteiger partial charge in [0.25, 0.3) is 0 Å². The summed E-state index contributed by atoms with van der Waals surface area (Å²) in [4.78, 5) is 0. The lowest BCUT2D eigenvalue weighted by Crippen LogP contribution is -1.73. The summed E-state index contributed by atoms with van der Waals surface area (Å²) in [6.07, 6.45) is 2.66. The zero-order chi connectivity index (χ0) is 5.40. The molecular formula is C5H6N2S. The Kier molecular flexibility index (Phi) is 0.842. The molecule has 1 aromatic heterocycles. The summed E-state index contributed by atoms with van der Waals surface area (Å²) >= 11 is 1.67. The Labute approximate surface area is 51.6 Å². The number of nitrogens with zero attached hydrogens (tertiary/aromatic N) is 2. The van der Waals surface area contributed by atoms with Crippen LogP contribution < -0.4 is 0 Å². The fourth-order valence-corrected chi connectivity index (χ4v) is 1.41. The molecule has 0 bridgehead atoms. The zero-order valence-corrected chi connectivity index (χ0v) is 5.19. The average Bonchev–Trinajstić information content (AvgIpc) is 2.49. The first-order valence-corrected chi connectivity index (χ1v) is 3.61. The fourth-order valence-electron chi connectivity index (χ4n) is 0.690. The van der Waals surface area contributed by atoms with Crippen LogP contribution in [0.3, 0.4) is 0 Å². The van der Waals surface area contributed by atoms with Crippen molar-refractivity contribution in [1.29, 1.82) is 0 Å². The molecule has 1 heterocycles. The van der Waals surface area contributed by atoms with Crippen LogP contribution in [0.25, 0.3) is 0 Å². The molecule has 0 saturated heterocycles. The van der Waals surface area contributed by atoms with Crippen LogP contribution in [0.5, 0.6) is 0 Å². The van der Waals surface area contributed by atoms with E-state index in [2.05, 4.69) is 10.2 Å². The Morgan fingerprint density at radius 1 is 1.62 bits per heavy atom. The third kappa shape index (κ3) is 0.629. The predicted octanol–water partition coefficient (Wildman–Crippen LogP) is 1.42. The van der Waals surface area contributed by atoms with Crippen LogP contribution in [0.2, 0.25) is 0 Å². The highest BCUT2D eigenvalue weighted by molar-refractivity contribution is 7.09. The monoisotopic (exact) mass is 126 g/mol. The highest BCUT2D eigenvalue weighted by Crippen LogP contribution is 2.40. The molecule has 0 aliphatic heterocycles. The van der Waals surface area contributed by atoms with Crippen LogP contribution >= 0.6 is 11.3 Å². The Bertz CT molecular complexity index is 167. The molecule has 0 spiro atoms. The molecule has 1 fully saturated rings. The molecule has 0 aromatic carbocycles. The molecule has 0 N–H and O–H groups in total. The number of hydrogen-bond donors (Lipinski definition) is 0. The van der Waals surface area contributed by atoms with Crippen molar-refractivity contribution in [3.8, 4) is 0 Å². The van der Waals surface area contributed by atoms with E-state index in [0.717, 1.165) is 5.92 Å². The van der Waals surface area contributed by atoms with Gasteiger partial charge in [-0.1, -0.05) is 0 Å². The van der Waals surface area contributed by atoms with Crippen LogP contribution in [-0.4, -0.2) is 10.2 Å². The summed E-state index contributed by atoms with van der Waals surface area (Å²) in [7, 11) is 0. The molecule has 8 heavy (non-hydrogen) atoms. The lowest BCUT2D eigenvalue weighted by molar-refractivity contribution is 0.975. The van der Waals surface area contributed by atoms with E-state index in [4.69, 9.17) is 0 Å². The van der Waals surface area contributed by atoms with Gasteiger partial charge in [0, 0.05) is 5.92 Å². The van der Waals surface area contributed by atoms with Crippen LogP contribution in [-0.2, 0) is 0 Å². The lowest BCUT2D eigenvalue weighted by Gasteiger charge is -1.78.